The first-order valence-electron chi connectivity index (χ1n) is 9.93. The fourth-order valence-corrected chi connectivity index (χ4v) is 5.48. The van der Waals surface area contributed by atoms with Crippen LogP contribution in [0.15, 0.2) is 23.1 Å². The number of nitriles is 1. The van der Waals surface area contributed by atoms with Gasteiger partial charge in [0.1, 0.15) is 5.54 Å². The highest BCUT2D eigenvalue weighted by Crippen LogP contribution is 2.29. The third-order valence-corrected chi connectivity index (χ3v) is 7.55. The quantitative estimate of drug-likeness (QED) is 0.758. The third-order valence-electron chi connectivity index (χ3n) is 5.65. The second-order valence-corrected chi connectivity index (χ2v) is 9.68. The van der Waals surface area contributed by atoms with Crippen molar-refractivity contribution in [3.05, 3.63) is 23.8 Å². The number of amides is 1. The summed E-state index contributed by atoms with van der Waals surface area (Å²) in [6.45, 7) is 2.97. The Morgan fingerprint density at radius 2 is 1.86 bits per heavy atom. The van der Waals surface area contributed by atoms with Gasteiger partial charge in [-0.25, -0.2) is 8.42 Å². The number of hydrogen-bond donors (Lipinski definition) is 2. The van der Waals surface area contributed by atoms with Gasteiger partial charge in [-0.2, -0.15) is 9.57 Å². The summed E-state index contributed by atoms with van der Waals surface area (Å²) in [7, 11) is -3.52. The molecule has 1 saturated heterocycles. The van der Waals surface area contributed by atoms with Crippen LogP contribution in [0.1, 0.15) is 50.5 Å². The zero-order valence-corrected chi connectivity index (χ0v) is 17.1. The molecule has 152 valence electrons. The molecule has 28 heavy (non-hydrogen) atoms. The molecule has 0 radical (unpaired) electrons. The molecular formula is C20H28N4O3S. The zero-order chi connectivity index (χ0) is 20.2. The molecule has 0 aromatic heterocycles. The summed E-state index contributed by atoms with van der Waals surface area (Å²) in [5, 5.41) is 15.3. The summed E-state index contributed by atoms with van der Waals surface area (Å²) < 4.78 is 27.3. The molecule has 8 heteroatoms. The zero-order valence-electron chi connectivity index (χ0n) is 16.3. The topological polar surface area (TPSA) is 102 Å². The average Bonchev–Trinajstić information content (AvgIpc) is 3.16. The number of anilines is 1. The van der Waals surface area contributed by atoms with Gasteiger partial charge in [0, 0.05) is 18.8 Å². The fraction of sp³-hybridized carbons (Fsp3) is 0.600. The Hall–Kier alpha value is -2.11. The van der Waals surface area contributed by atoms with Crippen LogP contribution in [0.3, 0.4) is 0 Å². The number of carbonyl (C=O) groups excluding carboxylic acids is 1. The lowest BCUT2D eigenvalue weighted by Crippen LogP contribution is -2.47. The van der Waals surface area contributed by atoms with Crippen LogP contribution < -0.4 is 10.6 Å². The van der Waals surface area contributed by atoms with Crippen LogP contribution in [0.5, 0.6) is 0 Å². The molecule has 1 aliphatic carbocycles. The van der Waals surface area contributed by atoms with Gasteiger partial charge < -0.3 is 10.6 Å². The van der Waals surface area contributed by atoms with Gasteiger partial charge in [0.2, 0.25) is 15.9 Å². The first-order chi connectivity index (χ1) is 13.4. The molecule has 0 bridgehead atoms. The molecule has 2 aliphatic rings. The van der Waals surface area contributed by atoms with Gasteiger partial charge in [0.05, 0.1) is 17.5 Å². The second-order valence-electron chi connectivity index (χ2n) is 7.74. The van der Waals surface area contributed by atoms with Crippen molar-refractivity contribution in [2.45, 2.75) is 62.3 Å². The number of piperidine rings is 1. The smallest absolute Gasteiger partial charge is 0.243 e. The maximum Gasteiger partial charge on any atom is 0.243 e. The second kappa shape index (κ2) is 8.50. The summed E-state index contributed by atoms with van der Waals surface area (Å²) in [5.41, 5.74) is 0.722. The molecule has 1 aromatic rings. The van der Waals surface area contributed by atoms with Gasteiger partial charge in [-0.15, -0.1) is 0 Å². The van der Waals surface area contributed by atoms with Crippen LogP contribution >= 0.6 is 0 Å². The minimum Gasteiger partial charge on any atom is -0.376 e. The van der Waals surface area contributed by atoms with E-state index in [0.717, 1.165) is 37.7 Å². The Kier molecular flexibility index (Phi) is 6.26. The summed E-state index contributed by atoms with van der Waals surface area (Å²) in [4.78, 5) is 12.6. The molecule has 2 N–H and O–H groups in total. The predicted molar refractivity (Wildman–Crippen MR) is 107 cm³/mol. The Balaban J connectivity index is 1.68. The van der Waals surface area contributed by atoms with Crippen molar-refractivity contribution in [3.63, 3.8) is 0 Å². The monoisotopic (exact) mass is 404 g/mol. The van der Waals surface area contributed by atoms with E-state index in [0.29, 0.717) is 31.6 Å². The molecule has 1 aliphatic heterocycles. The van der Waals surface area contributed by atoms with Crippen molar-refractivity contribution in [1.82, 2.24) is 9.62 Å². The van der Waals surface area contributed by atoms with Crippen molar-refractivity contribution < 1.29 is 13.2 Å². The van der Waals surface area contributed by atoms with E-state index in [9.17, 15) is 18.5 Å². The van der Waals surface area contributed by atoms with Crippen LogP contribution in [0.2, 0.25) is 0 Å². The molecule has 3 rings (SSSR count). The highest BCUT2D eigenvalue weighted by molar-refractivity contribution is 7.89. The van der Waals surface area contributed by atoms with E-state index < -0.39 is 15.6 Å². The lowest BCUT2D eigenvalue weighted by Gasteiger charge is -2.26. The minimum atomic E-state index is -3.52. The number of carbonyl (C=O) groups is 1. The van der Waals surface area contributed by atoms with Crippen LogP contribution in [0.25, 0.3) is 0 Å². The maximum atomic E-state index is 12.9. The van der Waals surface area contributed by atoms with E-state index in [-0.39, 0.29) is 17.3 Å². The minimum absolute atomic E-state index is 0.00249. The number of nitrogens with one attached hydrogen (secondary N) is 2. The SMILES string of the molecule is Cc1ccc(S(=O)(=O)N2CCCCC2)cc1NCC(=O)NC1(C#N)CCCC1. The first-order valence-corrected chi connectivity index (χ1v) is 11.4. The molecule has 0 unspecified atom stereocenters. The molecule has 1 saturated carbocycles. The number of rotatable bonds is 6. The van der Waals surface area contributed by atoms with Crippen molar-refractivity contribution in [2.24, 2.45) is 0 Å². The molecule has 0 spiro atoms. The summed E-state index contributed by atoms with van der Waals surface area (Å²) in [6.07, 6.45) is 6.07. The summed E-state index contributed by atoms with van der Waals surface area (Å²) in [5.74, 6) is -0.257. The third kappa shape index (κ3) is 4.47. The Morgan fingerprint density at radius 1 is 1.18 bits per heavy atom. The van der Waals surface area contributed by atoms with Crippen molar-refractivity contribution in [2.75, 3.05) is 25.0 Å². The van der Waals surface area contributed by atoms with Crippen molar-refractivity contribution in [1.29, 1.82) is 5.26 Å². The molecule has 1 amide bonds. The van der Waals surface area contributed by atoms with Crippen LogP contribution in [-0.4, -0.2) is 43.8 Å². The number of aryl methyl sites for hydroxylation is 1. The Labute approximate surface area is 167 Å². The van der Waals surface area contributed by atoms with Gasteiger partial charge in [-0.1, -0.05) is 12.5 Å². The van der Waals surface area contributed by atoms with Crippen LogP contribution in [-0.2, 0) is 14.8 Å². The van der Waals surface area contributed by atoms with Crippen LogP contribution in [0, 0.1) is 18.3 Å². The molecule has 7 nitrogen and oxygen atoms in total. The van der Waals surface area contributed by atoms with Gasteiger partial charge in [0.25, 0.3) is 0 Å². The maximum absolute atomic E-state index is 12.9. The van der Waals surface area contributed by atoms with E-state index in [1.54, 1.807) is 18.2 Å². The van der Waals surface area contributed by atoms with E-state index in [1.807, 2.05) is 6.92 Å². The van der Waals surface area contributed by atoms with Crippen molar-refractivity contribution >= 4 is 21.6 Å². The molecule has 0 atom stereocenters. The fourth-order valence-electron chi connectivity index (χ4n) is 3.94. The number of nitrogens with zero attached hydrogens (tertiary/aromatic N) is 2. The van der Waals surface area contributed by atoms with E-state index in [4.69, 9.17) is 0 Å². The highest BCUT2D eigenvalue weighted by Gasteiger charge is 2.35. The van der Waals surface area contributed by atoms with Gasteiger partial charge >= 0.3 is 0 Å². The van der Waals surface area contributed by atoms with Crippen LogP contribution in [0.4, 0.5) is 5.69 Å². The van der Waals surface area contributed by atoms with Gasteiger partial charge in [0.15, 0.2) is 0 Å². The lowest BCUT2D eigenvalue weighted by atomic mass is 10.00. The normalized spacial score (nSPS) is 19.7. The molecule has 2 fully saturated rings. The molecular weight excluding hydrogens is 376 g/mol. The standard InChI is InChI=1S/C20H28N4O3S/c1-16-7-8-17(28(26,27)24-11-5-2-6-12-24)13-18(16)22-14-19(25)23-20(15-21)9-3-4-10-20/h7-8,13,22H,2-6,9-12,14H2,1H3,(H,23,25). The highest BCUT2D eigenvalue weighted by atomic mass is 32.2. The Bertz CT molecular complexity index is 864. The average molecular weight is 405 g/mol. The largest absolute Gasteiger partial charge is 0.376 e. The lowest BCUT2D eigenvalue weighted by molar-refractivity contribution is -0.120. The van der Waals surface area contributed by atoms with Crippen molar-refractivity contribution in [3.8, 4) is 6.07 Å². The predicted octanol–water partition coefficient (Wildman–Crippen LogP) is 2.53. The molecule has 1 aromatic carbocycles. The Morgan fingerprint density at radius 3 is 2.50 bits per heavy atom. The van der Waals surface area contributed by atoms with Gasteiger partial charge in [-0.05, 0) is 63.1 Å². The number of sulfonamides is 1. The molecule has 1 heterocycles. The van der Waals surface area contributed by atoms with E-state index in [2.05, 4.69) is 16.7 Å². The summed E-state index contributed by atoms with van der Waals surface area (Å²) >= 11 is 0. The van der Waals surface area contributed by atoms with E-state index >= 15 is 0 Å². The summed E-state index contributed by atoms with van der Waals surface area (Å²) in [6, 6.07) is 7.21. The van der Waals surface area contributed by atoms with Gasteiger partial charge in [-0.3, -0.25) is 4.79 Å². The number of benzene rings is 1. The number of hydrogen-bond acceptors (Lipinski definition) is 5. The first kappa shape index (κ1) is 20.6. The van der Waals surface area contributed by atoms with E-state index in [1.165, 1.54) is 4.31 Å².